The summed E-state index contributed by atoms with van der Waals surface area (Å²) in [6, 6.07) is 7.05. The minimum atomic E-state index is 0.525. The van der Waals surface area contributed by atoms with E-state index >= 15 is 0 Å². The Morgan fingerprint density at radius 3 is 2.82 bits per heavy atom. The molecule has 1 unspecified atom stereocenters. The maximum absolute atomic E-state index is 6.16. The smallest absolute Gasteiger partial charge is 0.0658 e. The van der Waals surface area contributed by atoms with E-state index in [0.717, 1.165) is 23.3 Å². The summed E-state index contributed by atoms with van der Waals surface area (Å²) in [7, 11) is 0. The number of hydrogen-bond donors (Lipinski definition) is 2. The van der Waals surface area contributed by atoms with E-state index in [9.17, 15) is 0 Å². The van der Waals surface area contributed by atoms with Crippen LogP contribution in [0.4, 0.5) is 11.4 Å². The predicted molar refractivity (Wildman–Crippen MR) is 72.5 cm³/mol. The molecular formula is C13H18ClN3. The molecule has 2 aliphatic rings. The maximum Gasteiger partial charge on any atom is 0.0658 e. The van der Waals surface area contributed by atoms with Gasteiger partial charge < -0.3 is 11.1 Å². The Labute approximate surface area is 107 Å². The van der Waals surface area contributed by atoms with Gasteiger partial charge >= 0.3 is 0 Å². The van der Waals surface area contributed by atoms with Crippen LogP contribution in [0.2, 0.25) is 5.02 Å². The Morgan fingerprint density at radius 2 is 2.12 bits per heavy atom. The number of rotatable bonds is 3. The largest absolute Gasteiger partial charge is 0.399 e. The second-order valence-corrected chi connectivity index (χ2v) is 5.50. The molecule has 1 aromatic rings. The first-order valence-electron chi connectivity index (χ1n) is 6.28. The monoisotopic (exact) mass is 251 g/mol. The van der Waals surface area contributed by atoms with Crippen LogP contribution >= 0.6 is 11.6 Å². The van der Waals surface area contributed by atoms with Crippen LogP contribution in [0, 0.1) is 0 Å². The maximum atomic E-state index is 6.16. The minimum absolute atomic E-state index is 0.525. The van der Waals surface area contributed by atoms with Gasteiger partial charge in [-0.3, -0.25) is 4.90 Å². The van der Waals surface area contributed by atoms with Crippen molar-refractivity contribution in [3.05, 3.63) is 23.2 Å². The SMILES string of the molecule is Nc1ccc(NC2CCN(C3CC3)C2)c(Cl)c1. The van der Waals surface area contributed by atoms with Gasteiger partial charge in [0.1, 0.15) is 0 Å². The summed E-state index contributed by atoms with van der Waals surface area (Å²) in [6.07, 6.45) is 3.97. The fraction of sp³-hybridized carbons (Fsp3) is 0.538. The number of nitrogens with one attached hydrogen (secondary N) is 1. The van der Waals surface area contributed by atoms with Crippen LogP contribution in [-0.4, -0.2) is 30.1 Å². The molecule has 3 N–H and O–H groups in total. The summed E-state index contributed by atoms with van der Waals surface area (Å²) in [5, 5.41) is 4.24. The molecule has 1 heterocycles. The van der Waals surface area contributed by atoms with Gasteiger partial charge in [0.15, 0.2) is 0 Å². The van der Waals surface area contributed by atoms with Crippen LogP contribution in [-0.2, 0) is 0 Å². The average molecular weight is 252 g/mol. The van der Waals surface area contributed by atoms with E-state index in [2.05, 4.69) is 10.2 Å². The van der Waals surface area contributed by atoms with Crippen molar-refractivity contribution < 1.29 is 0 Å². The summed E-state index contributed by atoms with van der Waals surface area (Å²) in [5.41, 5.74) is 7.40. The summed E-state index contributed by atoms with van der Waals surface area (Å²) < 4.78 is 0. The Bertz CT molecular complexity index is 417. The first-order chi connectivity index (χ1) is 8.22. The van der Waals surface area contributed by atoms with Crippen LogP contribution in [0.3, 0.4) is 0 Å². The van der Waals surface area contributed by atoms with Gasteiger partial charge in [0.25, 0.3) is 0 Å². The van der Waals surface area contributed by atoms with Crippen LogP contribution in [0.1, 0.15) is 19.3 Å². The van der Waals surface area contributed by atoms with E-state index in [1.807, 2.05) is 12.1 Å². The van der Waals surface area contributed by atoms with E-state index in [4.69, 9.17) is 17.3 Å². The third-order valence-electron chi connectivity index (χ3n) is 3.64. The molecule has 0 spiro atoms. The van der Waals surface area contributed by atoms with Gasteiger partial charge in [-0.05, 0) is 37.5 Å². The highest BCUT2D eigenvalue weighted by atomic mass is 35.5. The Hall–Kier alpha value is -0.930. The standard InChI is InChI=1S/C13H18ClN3/c14-12-7-9(15)1-4-13(12)16-10-5-6-17(8-10)11-2-3-11/h1,4,7,10-11,16H,2-3,5-6,8,15H2. The molecule has 17 heavy (non-hydrogen) atoms. The molecule has 3 nitrogen and oxygen atoms in total. The molecule has 1 saturated carbocycles. The molecule has 3 rings (SSSR count). The van der Waals surface area contributed by atoms with Crippen molar-refractivity contribution in [3.8, 4) is 0 Å². The number of likely N-dealkylation sites (tertiary alicyclic amines) is 1. The molecule has 92 valence electrons. The highest BCUT2D eigenvalue weighted by molar-refractivity contribution is 6.33. The molecule has 1 saturated heterocycles. The van der Waals surface area contributed by atoms with Crippen molar-refractivity contribution in [2.45, 2.75) is 31.3 Å². The van der Waals surface area contributed by atoms with Gasteiger partial charge in [0, 0.05) is 30.9 Å². The van der Waals surface area contributed by atoms with Crippen molar-refractivity contribution in [2.24, 2.45) is 0 Å². The van der Waals surface area contributed by atoms with Gasteiger partial charge in [0.2, 0.25) is 0 Å². The zero-order valence-electron chi connectivity index (χ0n) is 9.82. The number of nitrogen functional groups attached to an aromatic ring is 1. The first kappa shape index (κ1) is 11.2. The third kappa shape index (κ3) is 2.50. The molecule has 1 aromatic carbocycles. The van der Waals surface area contributed by atoms with E-state index < -0.39 is 0 Å². The molecule has 1 aliphatic carbocycles. The van der Waals surface area contributed by atoms with E-state index in [1.165, 1.54) is 25.8 Å². The van der Waals surface area contributed by atoms with Gasteiger partial charge in [-0.15, -0.1) is 0 Å². The van der Waals surface area contributed by atoms with Gasteiger partial charge in [-0.1, -0.05) is 11.6 Å². The van der Waals surface area contributed by atoms with Crippen molar-refractivity contribution in [2.75, 3.05) is 24.1 Å². The van der Waals surface area contributed by atoms with Crippen LogP contribution in [0.25, 0.3) is 0 Å². The lowest BCUT2D eigenvalue weighted by molar-refractivity contribution is 0.326. The van der Waals surface area contributed by atoms with Gasteiger partial charge in [-0.25, -0.2) is 0 Å². The van der Waals surface area contributed by atoms with Gasteiger partial charge in [-0.2, -0.15) is 0 Å². The first-order valence-corrected chi connectivity index (χ1v) is 6.66. The lowest BCUT2D eigenvalue weighted by atomic mass is 10.2. The van der Waals surface area contributed by atoms with Crippen LogP contribution in [0.15, 0.2) is 18.2 Å². The number of benzene rings is 1. The van der Waals surface area contributed by atoms with Crippen molar-refractivity contribution in [3.63, 3.8) is 0 Å². The second-order valence-electron chi connectivity index (χ2n) is 5.10. The predicted octanol–water partition coefficient (Wildman–Crippen LogP) is 2.57. The molecule has 1 atom stereocenters. The summed E-state index contributed by atoms with van der Waals surface area (Å²) in [5.74, 6) is 0. The quantitative estimate of drug-likeness (QED) is 0.812. The Morgan fingerprint density at radius 1 is 1.29 bits per heavy atom. The molecule has 1 aliphatic heterocycles. The van der Waals surface area contributed by atoms with Crippen molar-refractivity contribution in [1.82, 2.24) is 4.90 Å². The fourth-order valence-electron chi connectivity index (χ4n) is 2.54. The Balaban J connectivity index is 1.63. The summed E-state index contributed by atoms with van der Waals surface area (Å²) in [4.78, 5) is 2.59. The molecule has 0 aromatic heterocycles. The normalized spacial score (nSPS) is 25.1. The molecule has 2 fully saturated rings. The molecule has 4 heteroatoms. The number of nitrogens with zero attached hydrogens (tertiary/aromatic N) is 1. The van der Waals surface area contributed by atoms with Crippen molar-refractivity contribution in [1.29, 1.82) is 0 Å². The molecule has 0 bridgehead atoms. The van der Waals surface area contributed by atoms with E-state index in [1.54, 1.807) is 6.07 Å². The number of anilines is 2. The lowest BCUT2D eigenvalue weighted by Gasteiger charge is -2.17. The molecule has 0 radical (unpaired) electrons. The fourth-order valence-corrected chi connectivity index (χ4v) is 2.79. The van der Waals surface area contributed by atoms with Gasteiger partial charge in [0.05, 0.1) is 10.7 Å². The van der Waals surface area contributed by atoms with E-state index in [-0.39, 0.29) is 0 Å². The van der Waals surface area contributed by atoms with Crippen molar-refractivity contribution >= 4 is 23.0 Å². The van der Waals surface area contributed by atoms with Crippen LogP contribution in [0.5, 0.6) is 0 Å². The topological polar surface area (TPSA) is 41.3 Å². The molecule has 0 amide bonds. The lowest BCUT2D eigenvalue weighted by Crippen LogP contribution is -2.27. The highest BCUT2D eigenvalue weighted by Gasteiger charge is 2.34. The summed E-state index contributed by atoms with van der Waals surface area (Å²) in [6.45, 7) is 2.36. The minimum Gasteiger partial charge on any atom is -0.399 e. The average Bonchev–Trinajstić information content (AvgIpc) is 3.04. The zero-order valence-corrected chi connectivity index (χ0v) is 10.6. The summed E-state index contributed by atoms with van der Waals surface area (Å²) >= 11 is 6.16. The van der Waals surface area contributed by atoms with E-state index in [0.29, 0.717) is 11.7 Å². The number of halogens is 1. The van der Waals surface area contributed by atoms with Crippen LogP contribution < -0.4 is 11.1 Å². The number of nitrogens with two attached hydrogens (primary N) is 1. The molecular weight excluding hydrogens is 234 g/mol. The highest BCUT2D eigenvalue weighted by Crippen LogP contribution is 2.31. The second kappa shape index (κ2) is 4.39. The third-order valence-corrected chi connectivity index (χ3v) is 3.95. The zero-order chi connectivity index (χ0) is 11.8. The number of hydrogen-bond acceptors (Lipinski definition) is 3. The Kier molecular flexibility index (Phi) is 2.89.